The Labute approximate surface area is 187 Å². The molecule has 8 heteroatoms. The van der Waals surface area contributed by atoms with Crippen LogP contribution < -0.4 is 10.6 Å². The first-order valence-electron chi connectivity index (χ1n) is 8.40. The number of halogens is 4. The van der Waals surface area contributed by atoms with E-state index in [4.69, 9.17) is 46.4 Å². The molecule has 0 aliphatic carbocycles. The minimum Gasteiger partial charge on any atom is -0.325 e. The third kappa shape index (κ3) is 5.87. The van der Waals surface area contributed by atoms with Gasteiger partial charge in [-0.1, -0.05) is 76.7 Å². The van der Waals surface area contributed by atoms with Crippen molar-refractivity contribution in [2.45, 2.75) is 5.92 Å². The number of nitrogens with one attached hydrogen (secondary N) is 2. The van der Waals surface area contributed by atoms with Crippen LogP contribution in [0.3, 0.4) is 0 Å². The zero-order valence-electron chi connectivity index (χ0n) is 14.8. The van der Waals surface area contributed by atoms with Gasteiger partial charge in [0, 0.05) is 31.5 Å². The summed E-state index contributed by atoms with van der Waals surface area (Å²) < 4.78 is 0. The molecule has 0 radical (unpaired) electrons. The third-order valence-electron chi connectivity index (χ3n) is 3.92. The lowest BCUT2D eigenvalue weighted by Crippen LogP contribution is -2.32. The standard InChI is InChI=1S/C21H14Cl4N2O2/c22-13-6-14(23)9-17(8-13)26-20(28)19(12-4-2-1-3-5-12)21(29)27-18-10-15(24)7-16(25)11-18/h1-11,19H,(H,26,28)(H,27,29). The average Bonchev–Trinajstić information content (AvgIpc) is 2.60. The predicted molar refractivity (Wildman–Crippen MR) is 119 cm³/mol. The van der Waals surface area contributed by atoms with Crippen LogP contribution >= 0.6 is 46.4 Å². The second-order valence-electron chi connectivity index (χ2n) is 6.14. The molecule has 0 heterocycles. The molecule has 0 fully saturated rings. The van der Waals surface area contributed by atoms with Crippen molar-refractivity contribution in [2.24, 2.45) is 0 Å². The predicted octanol–water partition coefficient (Wildman–Crippen LogP) is 6.66. The van der Waals surface area contributed by atoms with Crippen molar-refractivity contribution in [3.63, 3.8) is 0 Å². The molecular weight excluding hydrogens is 454 g/mol. The summed E-state index contributed by atoms with van der Waals surface area (Å²) in [6.45, 7) is 0. The Bertz CT molecular complexity index is 952. The number of carbonyl (C=O) groups is 2. The molecule has 0 atom stereocenters. The molecule has 4 nitrogen and oxygen atoms in total. The first-order valence-corrected chi connectivity index (χ1v) is 9.92. The van der Waals surface area contributed by atoms with Crippen LogP contribution in [-0.4, -0.2) is 11.8 Å². The number of benzene rings is 3. The van der Waals surface area contributed by atoms with Crippen LogP contribution in [0.15, 0.2) is 66.7 Å². The van der Waals surface area contributed by atoms with Gasteiger partial charge >= 0.3 is 0 Å². The van der Waals surface area contributed by atoms with Crippen LogP contribution in [0, 0.1) is 0 Å². The molecule has 0 bridgehead atoms. The summed E-state index contributed by atoms with van der Waals surface area (Å²) in [4.78, 5) is 26.0. The van der Waals surface area contributed by atoms with Gasteiger partial charge in [-0.05, 0) is 42.0 Å². The van der Waals surface area contributed by atoms with E-state index < -0.39 is 17.7 Å². The van der Waals surface area contributed by atoms with E-state index in [1.54, 1.807) is 66.7 Å². The van der Waals surface area contributed by atoms with Gasteiger partial charge in [-0.2, -0.15) is 0 Å². The quantitative estimate of drug-likeness (QED) is 0.412. The van der Waals surface area contributed by atoms with Gasteiger partial charge in [-0.3, -0.25) is 9.59 Å². The first-order chi connectivity index (χ1) is 13.8. The molecule has 0 spiro atoms. The van der Waals surface area contributed by atoms with E-state index in [0.717, 1.165) is 0 Å². The van der Waals surface area contributed by atoms with Crippen molar-refractivity contribution >= 4 is 69.6 Å². The van der Waals surface area contributed by atoms with Crippen LogP contribution in [0.25, 0.3) is 0 Å². The molecular formula is C21H14Cl4N2O2. The van der Waals surface area contributed by atoms with Crippen molar-refractivity contribution in [3.05, 3.63) is 92.4 Å². The Morgan fingerprint density at radius 3 is 1.38 bits per heavy atom. The minimum atomic E-state index is -1.13. The molecule has 0 saturated carbocycles. The van der Waals surface area contributed by atoms with Crippen LogP contribution in [-0.2, 0) is 9.59 Å². The lowest BCUT2D eigenvalue weighted by Gasteiger charge is -2.18. The topological polar surface area (TPSA) is 58.2 Å². The van der Waals surface area contributed by atoms with Gasteiger partial charge in [0.15, 0.2) is 0 Å². The van der Waals surface area contributed by atoms with E-state index in [-0.39, 0.29) is 0 Å². The van der Waals surface area contributed by atoms with Gasteiger partial charge in [0.05, 0.1) is 0 Å². The molecule has 0 unspecified atom stereocenters. The molecule has 0 aliphatic heterocycles. The van der Waals surface area contributed by atoms with Gasteiger partial charge in [0.25, 0.3) is 0 Å². The highest BCUT2D eigenvalue weighted by Crippen LogP contribution is 2.27. The Balaban J connectivity index is 1.89. The van der Waals surface area contributed by atoms with Crippen molar-refractivity contribution < 1.29 is 9.59 Å². The number of hydrogen-bond acceptors (Lipinski definition) is 2. The molecule has 0 saturated heterocycles. The third-order valence-corrected chi connectivity index (χ3v) is 4.79. The van der Waals surface area contributed by atoms with E-state index in [0.29, 0.717) is 37.0 Å². The van der Waals surface area contributed by atoms with Crippen molar-refractivity contribution in [1.82, 2.24) is 0 Å². The fourth-order valence-corrected chi connectivity index (χ4v) is 3.80. The highest BCUT2D eigenvalue weighted by Gasteiger charge is 2.29. The number of hydrogen-bond donors (Lipinski definition) is 2. The monoisotopic (exact) mass is 466 g/mol. The molecule has 3 aromatic rings. The van der Waals surface area contributed by atoms with E-state index >= 15 is 0 Å². The van der Waals surface area contributed by atoms with Crippen molar-refractivity contribution in [2.75, 3.05) is 10.6 Å². The Morgan fingerprint density at radius 2 is 1.00 bits per heavy atom. The summed E-state index contributed by atoms with van der Waals surface area (Å²) in [5.41, 5.74) is 1.28. The molecule has 29 heavy (non-hydrogen) atoms. The second kappa shape index (κ2) is 9.51. The van der Waals surface area contributed by atoms with E-state index in [1.807, 2.05) is 0 Å². The van der Waals surface area contributed by atoms with Gasteiger partial charge < -0.3 is 10.6 Å². The summed E-state index contributed by atoms with van der Waals surface area (Å²) in [5, 5.41) is 6.83. The van der Waals surface area contributed by atoms with E-state index in [2.05, 4.69) is 10.6 Å². The summed E-state index contributed by atoms with van der Waals surface area (Å²) >= 11 is 24.0. The molecule has 2 amide bonds. The zero-order valence-corrected chi connectivity index (χ0v) is 17.8. The first kappa shape index (κ1) is 21.5. The Morgan fingerprint density at radius 1 is 0.621 bits per heavy atom. The van der Waals surface area contributed by atoms with Gasteiger partial charge in [0.1, 0.15) is 5.92 Å². The molecule has 3 aromatic carbocycles. The van der Waals surface area contributed by atoms with Gasteiger partial charge in [0.2, 0.25) is 11.8 Å². The van der Waals surface area contributed by atoms with E-state index in [1.165, 1.54) is 0 Å². The maximum atomic E-state index is 13.0. The lowest BCUT2D eigenvalue weighted by atomic mass is 9.97. The van der Waals surface area contributed by atoms with Crippen molar-refractivity contribution in [1.29, 1.82) is 0 Å². The van der Waals surface area contributed by atoms with Gasteiger partial charge in [-0.25, -0.2) is 0 Å². The van der Waals surface area contributed by atoms with Crippen LogP contribution in [0.5, 0.6) is 0 Å². The number of amides is 2. The average molecular weight is 468 g/mol. The fourth-order valence-electron chi connectivity index (χ4n) is 2.75. The highest BCUT2D eigenvalue weighted by atomic mass is 35.5. The van der Waals surface area contributed by atoms with Crippen molar-refractivity contribution in [3.8, 4) is 0 Å². The molecule has 3 rings (SSSR count). The van der Waals surface area contributed by atoms with Crippen LogP contribution in [0.1, 0.15) is 11.5 Å². The molecule has 2 N–H and O–H groups in total. The summed E-state index contributed by atoms with van der Waals surface area (Å²) in [6.07, 6.45) is 0. The molecule has 0 aromatic heterocycles. The van der Waals surface area contributed by atoms with Crippen LogP contribution in [0.2, 0.25) is 20.1 Å². The minimum absolute atomic E-state index is 0.363. The Kier molecular flexibility index (Phi) is 7.04. The zero-order chi connectivity index (χ0) is 21.0. The SMILES string of the molecule is O=C(Nc1cc(Cl)cc(Cl)c1)C(C(=O)Nc1cc(Cl)cc(Cl)c1)c1ccccc1. The summed E-state index contributed by atoms with van der Waals surface area (Å²) in [5.74, 6) is -2.22. The summed E-state index contributed by atoms with van der Waals surface area (Å²) in [6, 6.07) is 17.9. The smallest absolute Gasteiger partial charge is 0.241 e. The summed E-state index contributed by atoms with van der Waals surface area (Å²) in [7, 11) is 0. The Hall–Kier alpha value is -2.24. The van der Waals surface area contributed by atoms with Gasteiger partial charge in [-0.15, -0.1) is 0 Å². The lowest BCUT2D eigenvalue weighted by molar-refractivity contribution is -0.125. The largest absolute Gasteiger partial charge is 0.325 e. The normalized spacial score (nSPS) is 10.7. The van der Waals surface area contributed by atoms with Crippen LogP contribution in [0.4, 0.5) is 11.4 Å². The fraction of sp³-hybridized carbons (Fsp3) is 0.0476. The number of rotatable bonds is 5. The molecule has 0 aliphatic rings. The highest BCUT2D eigenvalue weighted by molar-refractivity contribution is 6.36. The maximum absolute atomic E-state index is 13.0. The number of anilines is 2. The second-order valence-corrected chi connectivity index (χ2v) is 7.88. The number of carbonyl (C=O) groups excluding carboxylic acids is 2. The maximum Gasteiger partial charge on any atom is 0.241 e. The van der Waals surface area contributed by atoms with E-state index in [9.17, 15) is 9.59 Å². The molecule has 148 valence electrons.